The third-order valence-electron chi connectivity index (χ3n) is 3.46. The van der Waals surface area contributed by atoms with Gasteiger partial charge in [-0.25, -0.2) is 0 Å². The first-order valence-corrected chi connectivity index (χ1v) is 10.3. The Kier molecular flexibility index (Phi) is 10.3. The van der Waals surface area contributed by atoms with Crippen LogP contribution in [0.15, 0.2) is 52.3 Å². The molecule has 0 saturated carbocycles. The maximum atomic E-state index is 12.1. The van der Waals surface area contributed by atoms with Crippen LogP contribution in [-0.2, 0) is 4.79 Å². The van der Waals surface area contributed by atoms with Crippen molar-refractivity contribution in [3.63, 3.8) is 0 Å². The van der Waals surface area contributed by atoms with Gasteiger partial charge in [0.1, 0.15) is 5.75 Å². The molecule has 0 heterocycles. The van der Waals surface area contributed by atoms with Crippen molar-refractivity contribution in [1.29, 1.82) is 0 Å². The molecular weight excluding hydrogens is 411 g/mol. The number of nitrogens with one attached hydrogen (secondary N) is 1. The number of carbonyl (C=O) groups excluding carboxylic acids is 1. The topological polar surface area (TPSA) is 64.3 Å². The number of methoxy groups -OCH3 is 1. The van der Waals surface area contributed by atoms with Gasteiger partial charge in [-0.15, -0.1) is 12.4 Å². The Hall–Kier alpha value is -1.05. The molecule has 0 radical (unpaired) electrons. The molecule has 1 atom stereocenters. The summed E-state index contributed by atoms with van der Waals surface area (Å²) < 4.78 is 5.15. The molecule has 142 valence electrons. The van der Waals surface area contributed by atoms with Crippen LogP contribution in [0.1, 0.15) is 6.42 Å². The lowest BCUT2D eigenvalue weighted by atomic mass is 10.2. The second-order valence-corrected chi connectivity index (χ2v) is 7.81. The summed E-state index contributed by atoms with van der Waals surface area (Å²) in [4.78, 5) is 14.0. The van der Waals surface area contributed by atoms with Crippen LogP contribution in [0.5, 0.6) is 5.75 Å². The fourth-order valence-electron chi connectivity index (χ4n) is 2.04. The number of halogens is 2. The van der Waals surface area contributed by atoms with Gasteiger partial charge in [0.15, 0.2) is 0 Å². The summed E-state index contributed by atoms with van der Waals surface area (Å²) in [5.41, 5.74) is 6.52. The van der Waals surface area contributed by atoms with Crippen LogP contribution in [0.25, 0.3) is 0 Å². The molecule has 4 nitrogen and oxygen atoms in total. The maximum absolute atomic E-state index is 12.1. The van der Waals surface area contributed by atoms with Crippen molar-refractivity contribution in [3.05, 3.63) is 47.5 Å². The summed E-state index contributed by atoms with van der Waals surface area (Å²) in [6.45, 7) is 0. The molecular formula is C18H22Cl2N2O2S2. The van der Waals surface area contributed by atoms with E-state index in [0.29, 0.717) is 17.1 Å². The number of nitrogens with two attached hydrogens (primary N) is 1. The first-order chi connectivity index (χ1) is 12.0. The highest BCUT2D eigenvalue weighted by Crippen LogP contribution is 2.35. The van der Waals surface area contributed by atoms with Gasteiger partial charge >= 0.3 is 0 Å². The normalized spacial score (nSPS) is 11.4. The molecule has 0 unspecified atom stereocenters. The van der Waals surface area contributed by atoms with Gasteiger partial charge in [-0.2, -0.15) is 11.8 Å². The summed E-state index contributed by atoms with van der Waals surface area (Å²) >= 11 is 9.57. The zero-order chi connectivity index (χ0) is 18.2. The third kappa shape index (κ3) is 6.93. The van der Waals surface area contributed by atoms with E-state index in [1.165, 1.54) is 0 Å². The minimum atomic E-state index is -0.514. The lowest BCUT2D eigenvalue weighted by molar-refractivity contribution is -0.117. The van der Waals surface area contributed by atoms with Crippen LogP contribution < -0.4 is 15.8 Å². The lowest BCUT2D eigenvalue weighted by Crippen LogP contribution is -2.36. The van der Waals surface area contributed by atoms with Gasteiger partial charge in [0, 0.05) is 15.5 Å². The monoisotopic (exact) mass is 432 g/mol. The Bertz CT molecular complexity index is 715. The van der Waals surface area contributed by atoms with Crippen molar-refractivity contribution in [2.24, 2.45) is 5.73 Å². The summed E-state index contributed by atoms with van der Waals surface area (Å²) in [6, 6.07) is 12.7. The minimum absolute atomic E-state index is 0. The first kappa shape index (κ1) is 23.0. The Labute approximate surface area is 174 Å². The molecule has 1 amide bonds. The third-order valence-corrected chi connectivity index (χ3v) is 5.61. The molecule has 0 aliphatic carbocycles. The number of carbonyl (C=O) groups is 1. The summed E-state index contributed by atoms with van der Waals surface area (Å²) in [6.07, 6.45) is 2.63. The number of hydrogen-bond donors (Lipinski definition) is 2. The molecule has 0 bridgehead atoms. The van der Waals surface area contributed by atoms with Gasteiger partial charge in [-0.1, -0.05) is 23.4 Å². The summed E-state index contributed by atoms with van der Waals surface area (Å²) in [7, 11) is 1.64. The molecule has 26 heavy (non-hydrogen) atoms. The maximum Gasteiger partial charge on any atom is 0.241 e. The molecule has 0 fully saturated rings. The van der Waals surface area contributed by atoms with E-state index in [9.17, 15) is 4.79 Å². The van der Waals surface area contributed by atoms with E-state index >= 15 is 0 Å². The predicted octanol–water partition coefficient (Wildman–Crippen LogP) is 4.94. The molecule has 3 N–H and O–H groups in total. The fourth-order valence-corrected chi connectivity index (χ4v) is 3.65. The standard InChI is InChI=1S/C18H21ClN2O2S2.ClH/c1-23-13-4-6-14(7-5-13)25-17-8-3-12(11-15(17)19)21-18(22)16(20)9-10-24-2;/h3-8,11,16H,9-10,20H2,1-2H3,(H,21,22);1H/t16-;/m0./s1. The highest BCUT2D eigenvalue weighted by atomic mass is 35.5. The minimum Gasteiger partial charge on any atom is -0.497 e. The molecule has 0 aliphatic heterocycles. The van der Waals surface area contributed by atoms with Gasteiger partial charge in [0.2, 0.25) is 5.91 Å². The number of ether oxygens (including phenoxy) is 1. The highest BCUT2D eigenvalue weighted by Gasteiger charge is 2.14. The second kappa shape index (κ2) is 11.6. The summed E-state index contributed by atoms with van der Waals surface area (Å²) in [5.74, 6) is 1.47. The Morgan fingerprint density at radius 3 is 2.54 bits per heavy atom. The zero-order valence-corrected chi connectivity index (χ0v) is 17.7. The molecule has 0 aliphatic rings. The van der Waals surface area contributed by atoms with Gasteiger partial charge in [-0.05, 0) is 60.9 Å². The molecule has 2 aromatic rings. The number of amides is 1. The van der Waals surface area contributed by atoms with E-state index in [4.69, 9.17) is 22.1 Å². The zero-order valence-electron chi connectivity index (χ0n) is 14.5. The molecule has 2 rings (SSSR count). The molecule has 0 aromatic heterocycles. The van der Waals surface area contributed by atoms with Crippen molar-refractivity contribution in [3.8, 4) is 5.75 Å². The number of anilines is 1. The first-order valence-electron chi connectivity index (χ1n) is 7.70. The van der Waals surface area contributed by atoms with E-state index in [2.05, 4.69) is 5.32 Å². The fraction of sp³-hybridized carbons (Fsp3) is 0.278. The van der Waals surface area contributed by atoms with Crippen LogP contribution in [-0.4, -0.2) is 31.1 Å². The number of benzene rings is 2. The lowest BCUT2D eigenvalue weighted by Gasteiger charge is -2.13. The Morgan fingerprint density at radius 1 is 1.27 bits per heavy atom. The average Bonchev–Trinajstić information content (AvgIpc) is 2.62. The van der Waals surface area contributed by atoms with Gasteiger partial charge in [0.25, 0.3) is 0 Å². The molecule has 0 spiro atoms. The highest BCUT2D eigenvalue weighted by molar-refractivity contribution is 7.99. The van der Waals surface area contributed by atoms with Crippen molar-refractivity contribution in [2.45, 2.75) is 22.3 Å². The largest absolute Gasteiger partial charge is 0.497 e. The number of thioether (sulfide) groups is 1. The molecule has 2 aromatic carbocycles. The van der Waals surface area contributed by atoms with Crippen molar-refractivity contribution in [2.75, 3.05) is 24.4 Å². The van der Waals surface area contributed by atoms with Crippen LogP contribution in [0, 0.1) is 0 Å². The van der Waals surface area contributed by atoms with E-state index < -0.39 is 6.04 Å². The van der Waals surface area contributed by atoms with Crippen LogP contribution in [0.2, 0.25) is 5.02 Å². The van der Waals surface area contributed by atoms with E-state index in [1.807, 2.05) is 42.7 Å². The smallest absolute Gasteiger partial charge is 0.241 e. The molecule has 0 saturated heterocycles. The van der Waals surface area contributed by atoms with E-state index in [0.717, 1.165) is 21.3 Å². The SMILES string of the molecule is COc1ccc(Sc2ccc(NC(=O)[C@@H](N)CCSC)cc2Cl)cc1.Cl. The Balaban J connectivity index is 0.00000338. The average molecular weight is 433 g/mol. The van der Waals surface area contributed by atoms with Gasteiger partial charge in [0.05, 0.1) is 18.2 Å². The number of rotatable bonds is 8. The van der Waals surface area contributed by atoms with Gasteiger partial charge < -0.3 is 15.8 Å². The number of hydrogen-bond acceptors (Lipinski definition) is 5. The van der Waals surface area contributed by atoms with Crippen molar-refractivity contribution < 1.29 is 9.53 Å². The van der Waals surface area contributed by atoms with Crippen LogP contribution in [0.4, 0.5) is 5.69 Å². The second-order valence-electron chi connectivity index (χ2n) is 5.30. The molecule has 8 heteroatoms. The summed E-state index contributed by atoms with van der Waals surface area (Å²) in [5, 5.41) is 3.39. The van der Waals surface area contributed by atoms with Crippen molar-refractivity contribution >= 4 is 59.1 Å². The van der Waals surface area contributed by atoms with Gasteiger partial charge in [-0.3, -0.25) is 4.79 Å². The Morgan fingerprint density at radius 2 is 1.96 bits per heavy atom. The van der Waals surface area contributed by atoms with E-state index in [1.54, 1.807) is 36.7 Å². The van der Waals surface area contributed by atoms with Crippen LogP contribution >= 0.6 is 47.5 Å². The van der Waals surface area contributed by atoms with E-state index in [-0.39, 0.29) is 18.3 Å². The van der Waals surface area contributed by atoms with Crippen molar-refractivity contribution in [1.82, 2.24) is 0 Å². The predicted molar refractivity (Wildman–Crippen MR) is 115 cm³/mol. The quantitative estimate of drug-likeness (QED) is 0.618. The van der Waals surface area contributed by atoms with Crippen LogP contribution in [0.3, 0.4) is 0 Å².